The smallest absolute Gasteiger partial charge is 0.223 e. The summed E-state index contributed by atoms with van der Waals surface area (Å²) in [5.41, 5.74) is 0. The fourth-order valence-electron chi connectivity index (χ4n) is 3.35. The number of benzene rings is 1. The van der Waals surface area contributed by atoms with Crippen molar-refractivity contribution < 1.29 is 14.3 Å². The molecule has 0 radical (unpaired) electrons. The van der Waals surface area contributed by atoms with E-state index in [1.54, 1.807) is 11.8 Å². The number of nitrogens with one attached hydrogen (secondary N) is 1. The number of nitrogens with zero attached hydrogens (tertiary/aromatic N) is 1. The minimum absolute atomic E-state index is 0. The molecule has 7 heteroatoms. The van der Waals surface area contributed by atoms with Crippen LogP contribution in [0.1, 0.15) is 25.7 Å². The van der Waals surface area contributed by atoms with Crippen molar-refractivity contribution in [2.75, 3.05) is 45.6 Å². The van der Waals surface area contributed by atoms with Gasteiger partial charge in [0.05, 0.1) is 0 Å². The van der Waals surface area contributed by atoms with Gasteiger partial charge < -0.3 is 19.7 Å². The SMILES string of the molecule is CNCCC1CCN(C(=O)CCSc2ccc3c(c2)OCCO3)CC1.Cl. The molecule has 5 nitrogen and oxygen atoms in total. The predicted molar refractivity (Wildman–Crippen MR) is 108 cm³/mol. The Hall–Kier alpha value is -1.11. The van der Waals surface area contributed by atoms with Crippen molar-refractivity contribution in [1.82, 2.24) is 10.2 Å². The molecule has 1 aromatic carbocycles. The van der Waals surface area contributed by atoms with E-state index in [4.69, 9.17) is 9.47 Å². The largest absolute Gasteiger partial charge is 0.486 e. The topological polar surface area (TPSA) is 50.8 Å². The molecule has 0 spiro atoms. The molecule has 1 amide bonds. The van der Waals surface area contributed by atoms with E-state index in [1.165, 1.54) is 6.42 Å². The fourth-order valence-corrected chi connectivity index (χ4v) is 4.21. The van der Waals surface area contributed by atoms with Crippen LogP contribution in [0.2, 0.25) is 0 Å². The third-order valence-electron chi connectivity index (χ3n) is 4.87. The van der Waals surface area contributed by atoms with Crippen LogP contribution in [-0.2, 0) is 4.79 Å². The second kappa shape index (κ2) is 10.9. The van der Waals surface area contributed by atoms with Gasteiger partial charge in [-0.1, -0.05) is 0 Å². The number of ether oxygens (including phenoxy) is 2. The molecule has 1 fully saturated rings. The number of thioether (sulfide) groups is 1. The molecule has 0 unspecified atom stereocenters. The average Bonchev–Trinajstić information content (AvgIpc) is 2.66. The lowest BCUT2D eigenvalue weighted by molar-refractivity contribution is -0.132. The first kappa shape index (κ1) is 21.2. The Morgan fingerprint density at radius 3 is 2.69 bits per heavy atom. The highest BCUT2D eigenvalue weighted by Crippen LogP contribution is 2.34. The van der Waals surface area contributed by atoms with Crippen molar-refractivity contribution >= 4 is 30.1 Å². The van der Waals surface area contributed by atoms with Crippen molar-refractivity contribution in [2.24, 2.45) is 5.92 Å². The first-order chi connectivity index (χ1) is 12.3. The van der Waals surface area contributed by atoms with E-state index in [0.29, 0.717) is 19.6 Å². The summed E-state index contributed by atoms with van der Waals surface area (Å²) in [4.78, 5) is 15.6. The van der Waals surface area contributed by atoms with E-state index in [0.717, 1.165) is 60.5 Å². The zero-order valence-electron chi connectivity index (χ0n) is 15.4. The number of carbonyl (C=O) groups excluding carboxylic acids is 1. The molecule has 1 saturated heterocycles. The van der Waals surface area contributed by atoms with Gasteiger partial charge in [0.2, 0.25) is 5.91 Å². The zero-order chi connectivity index (χ0) is 17.5. The first-order valence-corrected chi connectivity index (χ1v) is 10.2. The Labute approximate surface area is 166 Å². The number of amides is 1. The molecular weight excluding hydrogens is 372 g/mol. The van der Waals surface area contributed by atoms with Gasteiger partial charge in [-0.15, -0.1) is 24.2 Å². The van der Waals surface area contributed by atoms with Crippen LogP contribution in [-0.4, -0.2) is 56.5 Å². The number of piperidine rings is 1. The minimum atomic E-state index is 0. The van der Waals surface area contributed by atoms with E-state index in [1.807, 2.05) is 30.1 Å². The van der Waals surface area contributed by atoms with E-state index < -0.39 is 0 Å². The third-order valence-corrected chi connectivity index (χ3v) is 5.86. The molecule has 0 aromatic heterocycles. The lowest BCUT2D eigenvalue weighted by Crippen LogP contribution is -2.39. The first-order valence-electron chi connectivity index (χ1n) is 9.21. The standard InChI is InChI=1S/C19H28N2O3S.ClH/c1-20-8-4-15-5-9-21(10-6-15)19(22)7-13-25-16-2-3-17-18(14-16)24-12-11-23-17;/h2-3,14-15,20H,4-13H2,1H3;1H. The van der Waals surface area contributed by atoms with Crippen molar-refractivity contribution in [2.45, 2.75) is 30.6 Å². The molecule has 1 aromatic rings. The number of hydrogen-bond acceptors (Lipinski definition) is 5. The molecule has 0 saturated carbocycles. The number of halogens is 1. The highest BCUT2D eigenvalue weighted by Gasteiger charge is 2.22. The van der Waals surface area contributed by atoms with Crippen LogP contribution in [0.25, 0.3) is 0 Å². The lowest BCUT2D eigenvalue weighted by atomic mass is 9.93. The maximum Gasteiger partial charge on any atom is 0.223 e. The number of fused-ring (bicyclic) bond motifs is 1. The minimum Gasteiger partial charge on any atom is -0.486 e. The fraction of sp³-hybridized carbons (Fsp3) is 0.632. The van der Waals surface area contributed by atoms with Crippen LogP contribution in [0.15, 0.2) is 23.1 Å². The quantitative estimate of drug-likeness (QED) is 0.712. The maximum absolute atomic E-state index is 12.4. The summed E-state index contributed by atoms with van der Waals surface area (Å²) in [5.74, 6) is 3.48. The number of likely N-dealkylation sites (tertiary alicyclic amines) is 1. The molecule has 146 valence electrons. The Kier molecular flexibility index (Phi) is 8.88. The van der Waals surface area contributed by atoms with Crippen molar-refractivity contribution in [3.05, 3.63) is 18.2 Å². The Morgan fingerprint density at radius 1 is 1.23 bits per heavy atom. The van der Waals surface area contributed by atoms with E-state index in [9.17, 15) is 4.79 Å². The normalized spacial score (nSPS) is 16.9. The molecule has 0 atom stereocenters. The Morgan fingerprint density at radius 2 is 1.96 bits per heavy atom. The van der Waals surface area contributed by atoms with Gasteiger partial charge in [-0.05, 0) is 57.0 Å². The monoisotopic (exact) mass is 400 g/mol. The van der Waals surface area contributed by atoms with Gasteiger partial charge in [0.15, 0.2) is 11.5 Å². The van der Waals surface area contributed by atoms with Crippen LogP contribution in [0.5, 0.6) is 11.5 Å². The van der Waals surface area contributed by atoms with E-state index in [-0.39, 0.29) is 18.3 Å². The lowest BCUT2D eigenvalue weighted by Gasteiger charge is -2.32. The summed E-state index contributed by atoms with van der Waals surface area (Å²) in [6.45, 7) is 4.12. The van der Waals surface area contributed by atoms with Gasteiger partial charge in [0.25, 0.3) is 0 Å². The molecule has 2 aliphatic heterocycles. The zero-order valence-corrected chi connectivity index (χ0v) is 17.0. The number of carbonyl (C=O) groups is 1. The Balaban J connectivity index is 0.00000243. The van der Waals surface area contributed by atoms with E-state index in [2.05, 4.69) is 5.32 Å². The molecule has 3 rings (SSSR count). The molecular formula is C19H29ClN2O3S. The van der Waals surface area contributed by atoms with Crippen LogP contribution in [0, 0.1) is 5.92 Å². The average molecular weight is 401 g/mol. The summed E-state index contributed by atoms with van der Waals surface area (Å²) in [7, 11) is 2.00. The number of hydrogen-bond donors (Lipinski definition) is 1. The highest BCUT2D eigenvalue weighted by atomic mass is 35.5. The van der Waals surface area contributed by atoms with Crippen LogP contribution < -0.4 is 14.8 Å². The summed E-state index contributed by atoms with van der Waals surface area (Å²) in [6.07, 6.45) is 4.10. The van der Waals surface area contributed by atoms with Gasteiger partial charge in [-0.25, -0.2) is 0 Å². The van der Waals surface area contributed by atoms with E-state index >= 15 is 0 Å². The van der Waals surface area contributed by atoms with Crippen molar-refractivity contribution in [3.8, 4) is 11.5 Å². The molecule has 2 heterocycles. The summed E-state index contributed by atoms with van der Waals surface area (Å²) in [6, 6.07) is 6.00. The summed E-state index contributed by atoms with van der Waals surface area (Å²) in [5, 5.41) is 3.21. The van der Waals surface area contributed by atoms with Crippen LogP contribution in [0.3, 0.4) is 0 Å². The van der Waals surface area contributed by atoms with Gasteiger partial charge in [-0.3, -0.25) is 4.79 Å². The van der Waals surface area contributed by atoms with Gasteiger partial charge in [0, 0.05) is 30.2 Å². The van der Waals surface area contributed by atoms with Crippen molar-refractivity contribution in [3.63, 3.8) is 0 Å². The second-order valence-corrected chi connectivity index (χ2v) is 7.79. The molecule has 26 heavy (non-hydrogen) atoms. The summed E-state index contributed by atoms with van der Waals surface area (Å²) < 4.78 is 11.1. The predicted octanol–water partition coefficient (Wildman–Crippen LogP) is 3.21. The Bertz CT molecular complexity index is 580. The molecule has 0 aliphatic carbocycles. The van der Waals surface area contributed by atoms with Gasteiger partial charge >= 0.3 is 0 Å². The van der Waals surface area contributed by atoms with Gasteiger partial charge in [-0.2, -0.15) is 0 Å². The maximum atomic E-state index is 12.4. The second-order valence-electron chi connectivity index (χ2n) is 6.62. The van der Waals surface area contributed by atoms with Crippen LogP contribution >= 0.6 is 24.2 Å². The number of rotatable bonds is 7. The summed E-state index contributed by atoms with van der Waals surface area (Å²) >= 11 is 1.71. The van der Waals surface area contributed by atoms with Crippen LogP contribution in [0.4, 0.5) is 0 Å². The molecule has 2 aliphatic rings. The third kappa shape index (κ3) is 5.96. The molecule has 1 N–H and O–H groups in total. The highest BCUT2D eigenvalue weighted by molar-refractivity contribution is 7.99. The van der Waals surface area contributed by atoms with Crippen molar-refractivity contribution in [1.29, 1.82) is 0 Å². The molecule has 0 bridgehead atoms. The van der Waals surface area contributed by atoms with Gasteiger partial charge in [0.1, 0.15) is 13.2 Å².